The quantitative estimate of drug-likeness (QED) is 0.443. The number of piperidine rings is 1. The number of benzene rings is 1. The molecule has 150 valence electrons. The van der Waals surface area contributed by atoms with E-state index in [0.717, 1.165) is 47.9 Å². The Labute approximate surface area is 173 Å². The normalized spacial score (nSPS) is 14.8. The Morgan fingerprint density at radius 2 is 2.00 bits per heavy atom. The van der Waals surface area contributed by atoms with Gasteiger partial charge in [0, 0.05) is 41.7 Å². The summed E-state index contributed by atoms with van der Waals surface area (Å²) in [5, 5.41) is 14.7. The number of methoxy groups -OCH3 is 1. The molecule has 0 radical (unpaired) electrons. The van der Waals surface area contributed by atoms with E-state index in [0.29, 0.717) is 17.3 Å². The molecule has 1 aliphatic rings. The Hall–Kier alpha value is -3.00. The molecule has 1 aliphatic heterocycles. The third-order valence-electron chi connectivity index (χ3n) is 5.34. The second kappa shape index (κ2) is 8.16. The van der Waals surface area contributed by atoms with Gasteiger partial charge < -0.3 is 9.64 Å². The van der Waals surface area contributed by atoms with Gasteiger partial charge >= 0.3 is 5.69 Å². The monoisotopic (exact) mass is 410 g/mol. The highest BCUT2D eigenvalue weighted by Crippen LogP contribution is 2.38. The van der Waals surface area contributed by atoms with Crippen LogP contribution in [0.4, 0.5) is 11.5 Å². The first-order valence-electron chi connectivity index (χ1n) is 9.52. The van der Waals surface area contributed by atoms with Crippen molar-refractivity contribution < 1.29 is 9.66 Å². The number of pyridine rings is 1. The first-order chi connectivity index (χ1) is 14.1. The van der Waals surface area contributed by atoms with Gasteiger partial charge in [-0.25, -0.2) is 9.97 Å². The van der Waals surface area contributed by atoms with Crippen molar-refractivity contribution in [1.29, 1.82) is 0 Å². The molecule has 0 saturated carbocycles. The summed E-state index contributed by atoms with van der Waals surface area (Å²) >= 11 is 1.67. The minimum absolute atomic E-state index is 0.110. The van der Waals surface area contributed by atoms with Gasteiger partial charge in [0.25, 0.3) is 0 Å². The SMILES string of the molecule is COc1ccccc1-c1csc(C2CCN(c3nccc(C)c3[N+](=O)[O-])CC2)n1. The maximum absolute atomic E-state index is 11.5. The number of rotatable bonds is 5. The number of thiazole rings is 1. The Bertz CT molecular complexity index is 1030. The molecule has 0 unspecified atom stereocenters. The van der Waals surface area contributed by atoms with Crippen LogP contribution in [-0.2, 0) is 0 Å². The third kappa shape index (κ3) is 3.80. The molecule has 3 aromatic rings. The summed E-state index contributed by atoms with van der Waals surface area (Å²) < 4.78 is 5.45. The van der Waals surface area contributed by atoms with Crippen LogP contribution in [0.1, 0.15) is 29.3 Å². The summed E-state index contributed by atoms with van der Waals surface area (Å²) in [5.41, 5.74) is 2.68. The minimum Gasteiger partial charge on any atom is -0.496 e. The minimum atomic E-state index is -0.329. The largest absolute Gasteiger partial charge is 0.496 e. The summed E-state index contributed by atoms with van der Waals surface area (Å²) in [5.74, 6) is 1.64. The van der Waals surface area contributed by atoms with E-state index in [-0.39, 0.29) is 10.6 Å². The van der Waals surface area contributed by atoms with Crippen molar-refractivity contribution in [3.63, 3.8) is 0 Å². The van der Waals surface area contributed by atoms with Crippen LogP contribution in [-0.4, -0.2) is 35.1 Å². The number of aromatic nitrogens is 2. The highest BCUT2D eigenvalue weighted by Gasteiger charge is 2.29. The van der Waals surface area contributed by atoms with Gasteiger partial charge in [0.15, 0.2) is 0 Å². The Morgan fingerprint density at radius 3 is 2.72 bits per heavy atom. The number of nitrogens with zero attached hydrogens (tertiary/aromatic N) is 4. The summed E-state index contributed by atoms with van der Waals surface area (Å²) in [4.78, 5) is 22.3. The number of hydrogen-bond acceptors (Lipinski definition) is 7. The van der Waals surface area contributed by atoms with Gasteiger partial charge in [0.05, 0.1) is 22.7 Å². The van der Waals surface area contributed by atoms with Gasteiger partial charge in [0.1, 0.15) is 5.75 Å². The number of nitro groups is 1. The van der Waals surface area contributed by atoms with E-state index in [1.54, 1.807) is 37.6 Å². The summed E-state index contributed by atoms with van der Waals surface area (Å²) in [6.45, 7) is 3.21. The molecule has 29 heavy (non-hydrogen) atoms. The molecule has 1 saturated heterocycles. The maximum Gasteiger partial charge on any atom is 0.314 e. The van der Waals surface area contributed by atoms with Crippen molar-refractivity contribution >= 4 is 22.8 Å². The van der Waals surface area contributed by atoms with Gasteiger partial charge in [-0.3, -0.25) is 10.1 Å². The molecule has 7 nitrogen and oxygen atoms in total. The van der Waals surface area contributed by atoms with E-state index < -0.39 is 0 Å². The van der Waals surface area contributed by atoms with Crippen LogP contribution < -0.4 is 9.64 Å². The zero-order valence-corrected chi connectivity index (χ0v) is 17.2. The predicted molar refractivity (Wildman–Crippen MR) is 114 cm³/mol. The van der Waals surface area contributed by atoms with Crippen molar-refractivity contribution in [3.05, 3.63) is 62.6 Å². The average molecular weight is 410 g/mol. The zero-order valence-electron chi connectivity index (χ0n) is 16.4. The molecule has 0 N–H and O–H groups in total. The predicted octanol–water partition coefficient (Wildman–Crippen LogP) is 4.81. The smallest absolute Gasteiger partial charge is 0.314 e. The molecule has 8 heteroatoms. The standard InChI is InChI=1S/C21H22N4O3S/c1-14-7-10-22-20(19(14)25(26)27)24-11-8-15(9-12-24)21-23-17(13-29-21)16-5-3-4-6-18(16)28-2/h3-7,10,13,15H,8-9,11-12H2,1-2H3. The number of aryl methyl sites for hydroxylation is 1. The van der Waals surface area contributed by atoms with Crippen LogP contribution in [0, 0.1) is 17.0 Å². The van der Waals surface area contributed by atoms with Crippen molar-refractivity contribution in [2.75, 3.05) is 25.1 Å². The molecule has 0 spiro atoms. The fraction of sp³-hybridized carbons (Fsp3) is 0.333. The first kappa shape index (κ1) is 19.3. The van der Waals surface area contributed by atoms with Crippen LogP contribution in [0.2, 0.25) is 0 Å². The van der Waals surface area contributed by atoms with Gasteiger partial charge in [0.2, 0.25) is 5.82 Å². The summed E-state index contributed by atoms with van der Waals surface area (Å²) in [7, 11) is 1.67. The van der Waals surface area contributed by atoms with Gasteiger partial charge in [-0.2, -0.15) is 0 Å². The lowest BCUT2D eigenvalue weighted by atomic mass is 9.97. The second-order valence-electron chi connectivity index (χ2n) is 7.09. The van der Waals surface area contributed by atoms with Crippen LogP contribution in [0.25, 0.3) is 11.3 Å². The first-order valence-corrected chi connectivity index (χ1v) is 10.4. The lowest BCUT2D eigenvalue weighted by Crippen LogP contribution is -2.34. The fourth-order valence-corrected chi connectivity index (χ4v) is 4.78. The molecule has 0 bridgehead atoms. The second-order valence-corrected chi connectivity index (χ2v) is 7.98. The van der Waals surface area contributed by atoms with Crippen molar-refractivity contribution in [1.82, 2.24) is 9.97 Å². The molecule has 2 aromatic heterocycles. The number of hydrogen-bond donors (Lipinski definition) is 0. The average Bonchev–Trinajstić information content (AvgIpc) is 3.23. The Morgan fingerprint density at radius 1 is 1.24 bits per heavy atom. The molecule has 4 rings (SSSR count). The molecular formula is C21H22N4O3S. The number of para-hydroxylation sites is 1. The lowest BCUT2D eigenvalue weighted by Gasteiger charge is -2.31. The summed E-state index contributed by atoms with van der Waals surface area (Å²) in [6.07, 6.45) is 3.43. The third-order valence-corrected chi connectivity index (χ3v) is 6.35. The molecule has 0 atom stereocenters. The van der Waals surface area contributed by atoms with Gasteiger partial charge in [-0.05, 0) is 38.0 Å². The van der Waals surface area contributed by atoms with Gasteiger partial charge in [-0.15, -0.1) is 11.3 Å². The van der Waals surface area contributed by atoms with Crippen molar-refractivity contribution in [2.24, 2.45) is 0 Å². The van der Waals surface area contributed by atoms with E-state index >= 15 is 0 Å². The molecule has 1 fully saturated rings. The van der Waals surface area contributed by atoms with Crippen molar-refractivity contribution in [2.45, 2.75) is 25.7 Å². The Balaban J connectivity index is 1.50. The van der Waals surface area contributed by atoms with E-state index in [9.17, 15) is 10.1 Å². The van der Waals surface area contributed by atoms with Crippen LogP contribution in [0.5, 0.6) is 5.75 Å². The number of anilines is 1. The van der Waals surface area contributed by atoms with Crippen LogP contribution in [0.3, 0.4) is 0 Å². The molecular weight excluding hydrogens is 388 g/mol. The van der Waals surface area contributed by atoms with E-state index in [2.05, 4.69) is 10.4 Å². The zero-order chi connectivity index (χ0) is 20.4. The highest BCUT2D eigenvalue weighted by molar-refractivity contribution is 7.10. The molecule has 3 heterocycles. The topological polar surface area (TPSA) is 81.4 Å². The fourth-order valence-electron chi connectivity index (χ4n) is 3.79. The maximum atomic E-state index is 11.5. The van der Waals surface area contributed by atoms with Crippen LogP contribution >= 0.6 is 11.3 Å². The number of ether oxygens (including phenoxy) is 1. The molecule has 0 amide bonds. The van der Waals surface area contributed by atoms with Gasteiger partial charge in [-0.1, -0.05) is 12.1 Å². The highest BCUT2D eigenvalue weighted by atomic mass is 32.1. The summed E-state index contributed by atoms with van der Waals surface area (Å²) in [6, 6.07) is 9.57. The lowest BCUT2D eigenvalue weighted by molar-refractivity contribution is -0.384. The molecule has 0 aliphatic carbocycles. The van der Waals surface area contributed by atoms with Crippen molar-refractivity contribution in [3.8, 4) is 17.0 Å². The van der Waals surface area contributed by atoms with E-state index in [1.807, 2.05) is 29.2 Å². The van der Waals surface area contributed by atoms with E-state index in [4.69, 9.17) is 9.72 Å². The Kier molecular flexibility index (Phi) is 5.44. The van der Waals surface area contributed by atoms with E-state index in [1.165, 1.54) is 0 Å². The van der Waals surface area contributed by atoms with Crippen LogP contribution in [0.15, 0.2) is 41.9 Å². The molecule has 1 aromatic carbocycles.